The third-order valence-electron chi connectivity index (χ3n) is 3.05. The topological polar surface area (TPSA) is 12.0 Å². The number of nitrogens with one attached hydrogen (secondary N) is 1. The molecule has 1 nitrogen and oxygen atoms in total. The maximum atomic E-state index is 14.2. The molecule has 0 bridgehead atoms. The molecule has 0 aliphatic heterocycles. The number of hydrogen-bond acceptors (Lipinski definition) is 2. The highest BCUT2D eigenvalue weighted by Crippen LogP contribution is 2.37. The Morgan fingerprint density at radius 3 is 2.80 bits per heavy atom. The lowest BCUT2D eigenvalue weighted by Gasteiger charge is -2.19. The van der Waals surface area contributed by atoms with Crippen LogP contribution in [0.5, 0.6) is 0 Å². The van der Waals surface area contributed by atoms with Crippen LogP contribution in [0.4, 0.5) is 4.39 Å². The summed E-state index contributed by atoms with van der Waals surface area (Å²) in [6, 6.07) is 4.79. The van der Waals surface area contributed by atoms with Gasteiger partial charge in [-0.1, -0.05) is 34.5 Å². The van der Waals surface area contributed by atoms with Gasteiger partial charge in [0, 0.05) is 14.9 Å². The van der Waals surface area contributed by atoms with Gasteiger partial charge in [-0.15, -0.1) is 11.3 Å². The van der Waals surface area contributed by atoms with Gasteiger partial charge in [-0.3, -0.25) is 0 Å². The van der Waals surface area contributed by atoms with Crippen molar-refractivity contribution in [3.05, 3.63) is 54.9 Å². The van der Waals surface area contributed by atoms with Gasteiger partial charge in [-0.25, -0.2) is 4.39 Å². The first kappa shape index (κ1) is 16.0. The molecule has 1 heterocycles. The fourth-order valence-electron chi connectivity index (χ4n) is 2.01. The highest BCUT2D eigenvalue weighted by atomic mass is 79.9. The Balaban J connectivity index is 2.47. The van der Waals surface area contributed by atoms with Crippen molar-refractivity contribution >= 4 is 38.9 Å². The lowest BCUT2D eigenvalue weighted by atomic mass is 10.0. The largest absolute Gasteiger partial charge is 0.305 e. The number of aryl methyl sites for hydroxylation is 1. The van der Waals surface area contributed by atoms with Crippen LogP contribution in [0.2, 0.25) is 5.02 Å². The molecule has 0 aliphatic carbocycles. The molecule has 1 N–H and O–H groups in total. The van der Waals surface area contributed by atoms with E-state index in [1.165, 1.54) is 6.07 Å². The van der Waals surface area contributed by atoms with Gasteiger partial charge in [0.1, 0.15) is 5.82 Å². The molecular weight excluding hydrogens is 361 g/mol. The third kappa shape index (κ3) is 3.42. The van der Waals surface area contributed by atoms with Crippen LogP contribution in [0.25, 0.3) is 0 Å². The minimum Gasteiger partial charge on any atom is -0.305 e. The number of thiophene rings is 1. The molecule has 0 amide bonds. The van der Waals surface area contributed by atoms with Gasteiger partial charge in [0.2, 0.25) is 0 Å². The van der Waals surface area contributed by atoms with Crippen LogP contribution in [0, 0.1) is 12.7 Å². The zero-order valence-corrected chi connectivity index (χ0v) is 14.5. The second-order valence-electron chi connectivity index (χ2n) is 4.65. The molecule has 1 unspecified atom stereocenters. The quantitative estimate of drug-likeness (QED) is 0.705. The molecule has 0 saturated carbocycles. The summed E-state index contributed by atoms with van der Waals surface area (Å²) in [5.74, 6) is -0.219. The van der Waals surface area contributed by atoms with E-state index in [9.17, 15) is 4.39 Å². The lowest BCUT2D eigenvalue weighted by molar-refractivity contribution is 0.550. The Kier molecular flexibility index (Phi) is 5.61. The van der Waals surface area contributed by atoms with E-state index in [0.29, 0.717) is 5.56 Å². The molecule has 0 saturated heterocycles. The van der Waals surface area contributed by atoms with E-state index in [4.69, 9.17) is 11.6 Å². The summed E-state index contributed by atoms with van der Waals surface area (Å²) in [7, 11) is 0. The SMILES string of the molecule is CCCNC(c1cc(Br)ccc1F)c1scc(C)c1Cl. The van der Waals surface area contributed by atoms with Crippen LogP contribution in [0.1, 0.15) is 35.4 Å². The van der Waals surface area contributed by atoms with Crippen LogP contribution in [0.15, 0.2) is 28.1 Å². The van der Waals surface area contributed by atoms with E-state index < -0.39 is 0 Å². The second-order valence-corrected chi connectivity index (χ2v) is 6.85. The van der Waals surface area contributed by atoms with Crippen molar-refractivity contribution in [3.63, 3.8) is 0 Å². The maximum absolute atomic E-state index is 14.2. The summed E-state index contributed by atoms with van der Waals surface area (Å²) in [4.78, 5) is 0.967. The van der Waals surface area contributed by atoms with E-state index in [0.717, 1.165) is 32.9 Å². The van der Waals surface area contributed by atoms with Crippen LogP contribution >= 0.6 is 38.9 Å². The molecule has 0 radical (unpaired) electrons. The molecular formula is C15H16BrClFNS. The fraction of sp³-hybridized carbons (Fsp3) is 0.333. The Bertz CT molecular complexity index is 600. The van der Waals surface area contributed by atoms with Crippen molar-refractivity contribution in [2.45, 2.75) is 26.3 Å². The first-order valence-corrected chi connectivity index (χ1v) is 8.51. The van der Waals surface area contributed by atoms with Crippen molar-refractivity contribution in [2.75, 3.05) is 6.54 Å². The molecule has 20 heavy (non-hydrogen) atoms. The monoisotopic (exact) mass is 375 g/mol. The minimum absolute atomic E-state index is 0.210. The van der Waals surface area contributed by atoms with Crippen LogP contribution in [-0.4, -0.2) is 6.54 Å². The number of rotatable bonds is 5. The predicted octanol–water partition coefficient (Wildman–Crippen LogP) is 5.70. The summed E-state index contributed by atoms with van der Waals surface area (Å²) in [6.45, 7) is 4.86. The number of halogens is 3. The average Bonchev–Trinajstić information content (AvgIpc) is 2.75. The van der Waals surface area contributed by atoms with E-state index >= 15 is 0 Å². The molecule has 2 rings (SSSR count). The zero-order valence-electron chi connectivity index (χ0n) is 11.3. The summed E-state index contributed by atoms with van der Waals surface area (Å²) < 4.78 is 15.0. The van der Waals surface area contributed by atoms with Gasteiger partial charge in [-0.05, 0) is 49.0 Å². The van der Waals surface area contributed by atoms with Crippen molar-refractivity contribution < 1.29 is 4.39 Å². The molecule has 0 fully saturated rings. The zero-order chi connectivity index (χ0) is 14.7. The summed E-state index contributed by atoms with van der Waals surface area (Å²) >= 11 is 11.3. The van der Waals surface area contributed by atoms with Crippen molar-refractivity contribution in [3.8, 4) is 0 Å². The predicted molar refractivity (Wildman–Crippen MR) is 88.3 cm³/mol. The highest BCUT2D eigenvalue weighted by Gasteiger charge is 2.22. The standard InChI is InChI=1S/C15H16BrClFNS/c1-3-6-19-14(15-13(17)9(2)8-20-15)11-7-10(16)4-5-12(11)18/h4-5,7-8,14,19H,3,6H2,1-2H3. The van der Waals surface area contributed by atoms with Crippen LogP contribution < -0.4 is 5.32 Å². The first-order chi connectivity index (χ1) is 9.54. The smallest absolute Gasteiger partial charge is 0.128 e. The lowest BCUT2D eigenvalue weighted by Crippen LogP contribution is -2.23. The molecule has 1 aromatic carbocycles. The van der Waals surface area contributed by atoms with E-state index in [1.807, 2.05) is 18.4 Å². The average molecular weight is 377 g/mol. The van der Waals surface area contributed by atoms with Gasteiger partial charge >= 0.3 is 0 Å². The van der Waals surface area contributed by atoms with Gasteiger partial charge < -0.3 is 5.32 Å². The molecule has 0 aliphatic rings. The molecule has 108 valence electrons. The van der Waals surface area contributed by atoms with Crippen LogP contribution in [-0.2, 0) is 0 Å². The van der Waals surface area contributed by atoms with Gasteiger partial charge in [0.25, 0.3) is 0 Å². The van der Waals surface area contributed by atoms with Crippen molar-refractivity contribution in [1.82, 2.24) is 5.32 Å². The highest BCUT2D eigenvalue weighted by molar-refractivity contribution is 9.10. The van der Waals surface area contributed by atoms with Gasteiger partial charge in [0.05, 0.1) is 11.1 Å². The Hall–Kier alpha value is -0.420. The summed E-state index contributed by atoms with van der Waals surface area (Å²) in [6.07, 6.45) is 0.980. The van der Waals surface area contributed by atoms with E-state index in [1.54, 1.807) is 17.4 Å². The molecule has 5 heteroatoms. The fourth-order valence-corrected chi connectivity index (χ4v) is 3.79. The molecule has 0 spiro atoms. The summed E-state index contributed by atoms with van der Waals surface area (Å²) in [5, 5.41) is 6.12. The Labute approximate surface area is 136 Å². The maximum Gasteiger partial charge on any atom is 0.128 e. The third-order valence-corrected chi connectivity index (χ3v) is 5.33. The van der Waals surface area contributed by atoms with Gasteiger partial charge in [-0.2, -0.15) is 0 Å². The Morgan fingerprint density at radius 2 is 2.20 bits per heavy atom. The van der Waals surface area contributed by atoms with E-state index in [2.05, 4.69) is 28.2 Å². The van der Waals surface area contributed by atoms with Gasteiger partial charge in [0.15, 0.2) is 0 Å². The van der Waals surface area contributed by atoms with Crippen molar-refractivity contribution in [2.24, 2.45) is 0 Å². The minimum atomic E-state index is -0.219. The molecule has 2 aromatic rings. The van der Waals surface area contributed by atoms with Crippen LogP contribution in [0.3, 0.4) is 0 Å². The molecule has 1 aromatic heterocycles. The Morgan fingerprint density at radius 1 is 1.45 bits per heavy atom. The normalized spacial score (nSPS) is 12.7. The summed E-state index contributed by atoms with van der Waals surface area (Å²) in [5.41, 5.74) is 1.65. The van der Waals surface area contributed by atoms with E-state index in [-0.39, 0.29) is 11.9 Å². The van der Waals surface area contributed by atoms with Crippen molar-refractivity contribution in [1.29, 1.82) is 0 Å². The number of benzene rings is 1. The number of hydrogen-bond donors (Lipinski definition) is 1. The second kappa shape index (κ2) is 7.03. The molecule has 1 atom stereocenters. The first-order valence-electron chi connectivity index (χ1n) is 6.46.